The molecule has 1 N–H and O–H groups in total. The standard InChI is InChI=1S/C15H23N3/c1-16-13-9-14(11-17-10-13)18-8-4-6-12-5-2-3-7-15(12)18/h9-12,15-16H,2-8H2,1H3/t12-,15-/m1/s1. The lowest BCUT2D eigenvalue weighted by Gasteiger charge is -2.45. The van der Waals surface area contributed by atoms with E-state index in [4.69, 9.17) is 0 Å². The Morgan fingerprint density at radius 2 is 2.00 bits per heavy atom. The van der Waals surface area contributed by atoms with Gasteiger partial charge in [-0.25, -0.2) is 0 Å². The van der Waals surface area contributed by atoms with E-state index in [2.05, 4.69) is 21.3 Å². The second-order valence-electron chi connectivity index (χ2n) is 5.63. The summed E-state index contributed by atoms with van der Waals surface area (Å²) in [5.41, 5.74) is 2.42. The van der Waals surface area contributed by atoms with Crippen molar-refractivity contribution in [3.63, 3.8) is 0 Å². The molecule has 0 spiro atoms. The van der Waals surface area contributed by atoms with Crippen LogP contribution >= 0.6 is 0 Å². The van der Waals surface area contributed by atoms with Crippen LogP contribution in [0, 0.1) is 5.92 Å². The molecule has 0 amide bonds. The van der Waals surface area contributed by atoms with Gasteiger partial charge in [0.25, 0.3) is 0 Å². The first kappa shape index (κ1) is 11.8. The number of pyridine rings is 1. The van der Waals surface area contributed by atoms with E-state index in [0.29, 0.717) is 0 Å². The molecule has 0 bridgehead atoms. The lowest BCUT2D eigenvalue weighted by molar-refractivity contribution is 0.244. The van der Waals surface area contributed by atoms with E-state index in [-0.39, 0.29) is 0 Å². The molecule has 1 aliphatic heterocycles. The molecule has 1 saturated carbocycles. The number of fused-ring (bicyclic) bond motifs is 1. The summed E-state index contributed by atoms with van der Waals surface area (Å²) in [5, 5.41) is 3.19. The minimum atomic E-state index is 0.765. The monoisotopic (exact) mass is 245 g/mol. The molecular weight excluding hydrogens is 222 g/mol. The van der Waals surface area contributed by atoms with Gasteiger partial charge in [0.1, 0.15) is 0 Å². The van der Waals surface area contributed by atoms with Crippen LogP contribution in [0.3, 0.4) is 0 Å². The second-order valence-corrected chi connectivity index (χ2v) is 5.63. The van der Waals surface area contributed by atoms with Gasteiger partial charge in [0.05, 0.1) is 23.8 Å². The molecule has 0 unspecified atom stereocenters. The molecule has 1 aromatic heterocycles. The molecule has 2 fully saturated rings. The van der Waals surface area contributed by atoms with Gasteiger partial charge in [0, 0.05) is 19.6 Å². The van der Waals surface area contributed by atoms with E-state index in [1.54, 1.807) is 0 Å². The zero-order valence-corrected chi connectivity index (χ0v) is 11.2. The predicted octanol–water partition coefficient (Wildman–Crippen LogP) is 3.28. The van der Waals surface area contributed by atoms with Crippen molar-refractivity contribution in [2.45, 2.75) is 44.6 Å². The molecule has 3 heteroatoms. The largest absolute Gasteiger partial charge is 0.387 e. The lowest BCUT2D eigenvalue weighted by atomic mass is 9.78. The maximum atomic E-state index is 4.36. The highest BCUT2D eigenvalue weighted by Gasteiger charge is 2.33. The van der Waals surface area contributed by atoms with Gasteiger partial charge < -0.3 is 10.2 Å². The van der Waals surface area contributed by atoms with E-state index in [0.717, 1.165) is 17.6 Å². The van der Waals surface area contributed by atoms with Gasteiger partial charge in [-0.15, -0.1) is 0 Å². The second kappa shape index (κ2) is 5.17. The average molecular weight is 245 g/mol. The Labute approximate surface area is 110 Å². The van der Waals surface area contributed by atoms with Crippen molar-refractivity contribution in [3.05, 3.63) is 18.5 Å². The topological polar surface area (TPSA) is 28.2 Å². The molecule has 0 aromatic carbocycles. The smallest absolute Gasteiger partial charge is 0.0576 e. The third kappa shape index (κ3) is 2.18. The quantitative estimate of drug-likeness (QED) is 0.866. The first-order valence-corrected chi connectivity index (χ1v) is 7.28. The number of hydrogen-bond acceptors (Lipinski definition) is 3. The van der Waals surface area contributed by atoms with Crippen molar-refractivity contribution in [1.82, 2.24) is 4.98 Å². The SMILES string of the molecule is CNc1cncc(N2CCC[C@H]3CCCC[C@H]32)c1. The fraction of sp³-hybridized carbons (Fsp3) is 0.667. The van der Waals surface area contributed by atoms with Crippen LogP contribution in [0.15, 0.2) is 18.5 Å². The molecule has 18 heavy (non-hydrogen) atoms. The molecule has 3 nitrogen and oxygen atoms in total. The number of anilines is 2. The number of piperidine rings is 1. The van der Waals surface area contributed by atoms with E-state index in [1.807, 2.05) is 19.4 Å². The lowest BCUT2D eigenvalue weighted by Crippen LogP contribution is -2.46. The Balaban J connectivity index is 1.84. The number of nitrogens with one attached hydrogen (secondary N) is 1. The Bertz CT molecular complexity index is 402. The normalized spacial score (nSPS) is 27.7. The van der Waals surface area contributed by atoms with Crippen molar-refractivity contribution >= 4 is 11.4 Å². The highest BCUT2D eigenvalue weighted by atomic mass is 15.2. The Hall–Kier alpha value is -1.25. The molecule has 3 rings (SSSR count). The van der Waals surface area contributed by atoms with Crippen LogP contribution in [-0.2, 0) is 0 Å². The maximum Gasteiger partial charge on any atom is 0.0576 e. The van der Waals surface area contributed by atoms with Gasteiger partial charge in [0.15, 0.2) is 0 Å². The zero-order valence-electron chi connectivity index (χ0n) is 11.2. The number of nitrogens with zero attached hydrogens (tertiary/aromatic N) is 2. The van der Waals surface area contributed by atoms with Crippen LogP contribution in [0.25, 0.3) is 0 Å². The van der Waals surface area contributed by atoms with Gasteiger partial charge in [-0.05, 0) is 37.7 Å². The van der Waals surface area contributed by atoms with Crippen molar-refractivity contribution in [1.29, 1.82) is 0 Å². The number of hydrogen-bond donors (Lipinski definition) is 1. The third-order valence-corrected chi connectivity index (χ3v) is 4.59. The van der Waals surface area contributed by atoms with Crippen LogP contribution < -0.4 is 10.2 Å². The molecule has 2 heterocycles. The van der Waals surface area contributed by atoms with Crippen molar-refractivity contribution < 1.29 is 0 Å². The highest BCUT2D eigenvalue weighted by molar-refractivity contribution is 5.56. The first-order valence-electron chi connectivity index (χ1n) is 7.28. The zero-order chi connectivity index (χ0) is 12.4. The maximum absolute atomic E-state index is 4.36. The summed E-state index contributed by atoms with van der Waals surface area (Å²) in [6.45, 7) is 1.20. The summed E-state index contributed by atoms with van der Waals surface area (Å²) >= 11 is 0. The van der Waals surface area contributed by atoms with Crippen LogP contribution in [-0.4, -0.2) is 24.6 Å². The molecule has 1 saturated heterocycles. The van der Waals surface area contributed by atoms with Gasteiger partial charge in [-0.3, -0.25) is 4.98 Å². The number of rotatable bonds is 2. The first-order chi connectivity index (χ1) is 8.88. The van der Waals surface area contributed by atoms with Crippen molar-refractivity contribution in [2.75, 3.05) is 23.8 Å². The Morgan fingerprint density at radius 3 is 2.89 bits per heavy atom. The Kier molecular flexibility index (Phi) is 3.39. The Morgan fingerprint density at radius 1 is 1.17 bits per heavy atom. The molecular formula is C15H23N3. The van der Waals surface area contributed by atoms with Crippen LogP contribution in [0.4, 0.5) is 11.4 Å². The molecule has 1 aromatic rings. The average Bonchev–Trinajstić information content (AvgIpc) is 2.47. The molecule has 2 aliphatic rings. The molecule has 1 aliphatic carbocycles. The van der Waals surface area contributed by atoms with Crippen LogP contribution in [0.5, 0.6) is 0 Å². The summed E-state index contributed by atoms with van der Waals surface area (Å²) in [7, 11) is 1.96. The van der Waals surface area contributed by atoms with Gasteiger partial charge in [-0.2, -0.15) is 0 Å². The predicted molar refractivity (Wildman–Crippen MR) is 76.1 cm³/mol. The van der Waals surface area contributed by atoms with Crippen LogP contribution in [0.1, 0.15) is 38.5 Å². The van der Waals surface area contributed by atoms with Crippen LogP contribution in [0.2, 0.25) is 0 Å². The van der Waals surface area contributed by atoms with E-state index in [1.165, 1.54) is 50.8 Å². The van der Waals surface area contributed by atoms with Gasteiger partial charge >= 0.3 is 0 Å². The van der Waals surface area contributed by atoms with Crippen molar-refractivity contribution in [3.8, 4) is 0 Å². The summed E-state index contributed by atoms with van der Waals surface area (Å²) in [6.07, 6.45) is 12.3. The van der Waals surface area contributed by atoms with Gasteiger partial charge in [0.2, 0.25) is 0 Å². The fourth-order valence-corrected chi connectivity index (χ4v) is 3.67. The summed E-state index contributed by atoms with van der Waals surface area (Å²) in [5.74, 6) is 0.922. The minimum Gasteiger partial charge on any atom is -0.387 e. The van der Waals surface area contributed by atoms with E-state index in [9.17, 15) is 0 Å². The van der Waals surface area contributed by atoms with E-state index >= 15 is 0 Å². The summed E-state index contributed by atoms with van der Waals surface area (Å²) in [6, 6.07) is 3.01. The number of aromatic nitrogens is 1. The summed E-state index contributed by atoms with van der Waals surface area (Å²) < 4.78 is 0. The van der Waals surface area contributed by atoms with Gasteiger partial charge in [-0.1, -0.05) is 12.8 Å². The molecule has 98 valence electrons. The van der Waals surface area contributed by atoms with E-state index < -0.39 is 0 Å². The minimum absolute atomic E-state index is 0.765. The van der Waals surface area contributed by atoms with Crippen molar-refractivity contribution in [2.24, 2.45) is 5.92 Å². The summed E-state index contributed by atoms with van der Waals surface area (Å²) in [4.78, 5) is 6.98. The highest BCUT2D eigenvalue weighted by Crippen LogP contribution is 2.37. The molecule has 2 atom stereocenters. The molecule has 0 radical (unpaired) electrons. The third-order valence-electron chi connectivity index (χ3n) is 4.59. The fourth-order valence-electron chi connectivity index (χ4n) is 3.67.